The fourth-order valence-electron chi connectivity index (χ4n) is 1.93. The molecule has 8 heteroatoms. The maximum absolute atomic E-state index is 12.0. The molecule has 0 aliphatic carbocycles. The number of benzene rings is 2. The first-order valence-corrected chi connectivity index (χ1v) is 7.62. The van der Waals surface area contributed by atoms with E-state index in [1.54, 1.807) is 30.3 Å². The van der Waals surface area contributed by atoms with E-state index >= 15 is 0 Å². The third-order valence-corrected chi connectivity index (χ3v) is 3.20. The Hall–Kier alpha value is -2.80. The van der Waals surface area contributed by atoms with Crippen molar-refractivity contribution in [3.05, 3.63) is 57.6 Å². The molecule has 0 aliphatic rings. The van der Waals surface area contributed by atoms with Gasteiger partial charge >= 0.3 is 6.03 Å². The molecule has 7 nitrogen and oxygen atoms in total. The zero-order valence-corrected chi connectivity index (χ0v) is 13.7. The zero-order valence-electron chi connectivity index (χ0n) is 12.9. The van der Waals surface area contributed by atoms with Crippen molar-refractivity contribution >= 4 is 34.7 Å². The van der Waals surface area contributed by atoms with Crippen LogP contribution in [0.1, 0.15) is 13.3 Å². The number of nitro benzene ring substituents is 1. The highest BCUT2D eigenvalue weighted by molar-refractivity contribution is 6.30. The van der Waals surface area contributed by atoms with Crippen LogP contribution in [0, 0.1) is 10.1 Å². The van der Waals surface area contributed by atoms with Gasteiger partial charge in [-0.3, -0.25) is 10.1 Å². The van der Waals surface area contributed by atoms with Crippen molar-refractivity contribution in [2.45, 2.75) is 13.3 Å². The first kappa shape index (κ1) is 17.6. The topological polar surface area (TPSA) is 93.5 Å². The van der Waals surface area contributed by atoms with Crippen LogP contribution in [0.25, 0.3) is 0 Å². The predicted molar refractivity (Wildman–Crippen MR) is 93.0 cm³/mol. The molecule has 0 bridgehead atoms. The van der Waals surface area contributed by atoms with Crippen molar-refractivity contribution in [2.75, 3.05) is 17.2 Å². The minimum atomic E-state index is -0.609. The molecule has 0 saturated heterocycles. The Bertz CT molecular complexity index is 752. The quantitative estimate of drug-likeness (QED) is 0.584. The van der Waals surface area contributed by atoms with E-state index in [0.717, 1.165) is 6.42 Å². The summed E-state index contributed by atoms with van der Waals surface area (Å²) in [5.41, 5.74) is 0.304. The van der Waals surface area contributed by atoms with Crippen LogP contribution >= 0.6 is 11.6 Å². The summed E-state index contributed by atoms with van der Waals surface area (Å²) in [5, 5.41) is 16.7. The van der Waals surface area contributed by atoms with Gasteiger partial charge in [0.05, 0.1) is 17.6 Å². The average Bonchev–Trinajstić information content (AvgIpc) is 2.53. The number of nitrogens with one attached hydrogen (secondary N) is 2. The molecule has 2 rings (SSSR count). The molecule has 126 valence electrons. The molecule has 0 fully saturated rings. The first-order valence-electron chi connectivity index (χ1n) is 7.24. The van der Waals surface area contributed by atoms with Crippen LogP contribution in [0.4, 0.5) is 21.9 Å². The van der Waals surface area contributed by atoms with E-state index in [2.05, 4.69) is 10.6 Å². The van der Waals surface area contributed by atoms with Gasteiger partial charge in [-0.05, 0) is 36.8 Å². The van der Waals surface area contributed by atoms with Gasteiger partial charge in [0.2, 0.25) is 0 Å². The zero-order chi connectivity index (χ0) is 17.5. The van der Waals surface area contributed by atoms with Gasteiger partial charge in [-0.2, -0.15) is 0 Å². The molecule has 2 aromatic carbocycles. The number of urea groups is 1. The molecule has 0 heterocycles. The van der Waals surface area contributed by atoms with Gasteiger partial charge in [0.1, 0.15) is 11.4 Å². The molecule has 0 radical (unpaired) electrons. The Morgan fingerprint density at radius 3 is 2.71 bits per heavy atom. The second-order valence-corrected chi connectivity index (χ2v) is 5.31. The number of halogens is 1. The minimum Gasteiger partial charge on any atom is -0.493 e. The van der Waals surface area contributed by atoms with E-state index in [-0.39, 0.29) is 11.4 Å². The molecule has 2 aromatic rings. The number of carbonyl (C=O) groups is 1. The van der Waals surface area contributed by atoms with E-state index in [4.69, 9.17) is 16.3 Å². The van der Waals surface area contributed by atoms with Gasteiger partial charge in [0.15, 0.2) is 0 Å². The molecule has 0 atom stereocenters. The number of anilines is 2. The number of nitro groups is 1. The van der Waals surface area contributed by atoms with Crippen LogP contribution in [-0.2, 0) is 0 Å². The Labute approximate surface area is 143 Å². The highest BCUT2D eigenvalue weighted by Crippen LogP contribution is 2.29. The fourth-order valence-corrected chi connectivity index (χ4v) is 2.12. The summed E-state index contributed by atoms with van der Waals surface area (Å²) in [6, 6.07) is 10.2. The Morgan fingerprint density at radius 1 is 1.25 bits per heavy atom. The molecule has 2 N–H and O–H groups in total. The number of rotatable bonds is 6. The fraction of sp³-hybridized carbons (Fsp3) is 0.188. The normalized spacial score (nSPS) is 10.1. The monoisotopic (exact) mass is 349 g/mol. The summed E-state index contributed by atoms with van der Waals surface area (Å²) in [5.74, 6) is 0.379. The Kier molecular flexibility index (Phi) is 5.97. The van der Waals surface area contributed by atoms with Crippen molar-refractivity contribution in [2.24, 2.45) is 0 Å². The number of amides is 2. The second-order valence-electron chi connectivity index (χ2n) is 4.87. The molecule has 2 amide bonds. The number of hydrogen-bond acceptors (Lipinski definition) is 4. The molecular weight excluding hydrogens is 334 g/mol. The highest BCUT2D eigenvalue weighted by Gasteiger charge is 2.17. The van der Waals surface area contributed by atoms with Crippen molar-refractivity contribution in [1.82, 2.24) is 0 Å². The summed E-state index contributed by atoms with van der Waals surface area (Å²) in [7, 11) is 0. The van der Waals surface area contributed by atoms with Crippen LogP contribution in [0.2, 0.25) is 5.02 Å². The van der Waals surface area contributed by atoms with E-state index in [1.807, 2.05) is 6.92 Å². The van der Waals surface area contributed by atoms with E-state index in [0.29, 0.717) is 23.1 Å². The Morgan fingerprint density at radius 2 is 2.04 bits per heavy atom. The lowest BCUT2D eigenvalue weighted by molar-refractivity contribution is -0.384. The van der Waals surface area contributed by atoms with E-state index < -0.39 is 11.0 Å². The molecular formula is C16H16ClN3O4. The molecule has 24 heavy (non-hydrogen) atoms. The van der Waals surface area contributed by atoms with Gasteiger partial charge in [-0.25, -0.2) is 4.79 Å². The minimum absolute atomic E-state index is 0.0726. The molecule has 0 aromatic heterocycles. The predicted octanol–water partition coefficient (Wildman–Crippen LogP) is 4.68. The maximum Gasteiger partial charge on any atom is 0.323 e. The summed E-state index contributed by atoms with van der Waals surface area (Å²) in [6.45, 7) is 2.39. The lowest BCUT2D eigenvalue weighted by Gasteiger charge is -2.10. The Balaban J connectivity index is 2.12. The second kappa shape index (κ2) is 8.16. The lowest BCUT2D eigenvalue weighted by atomic mass is 10.2. The number of nitrogens with zero attached hydrogens (tertiary/aromatic N) is 1. The number of hydrogen-bond donors (Lipinski definition) is 2. The van der Waals surface area contributed by atoms with Gasteiger partial charge in [-0.15, -0.1) is 0 Å². The van der Waals surface area contributed by atoms with Gasteiger partial charge < -0.3 is 15.4 Å². The largest absolute Gasteiger partial charge is 0.493 e. The van der Waals surface area contributed by atoms with Gasteiger partial charge in [0.25, 0.3) is 5.69 Å². The molecule has 0 spiro atoms. The summed E-state index contributed by atoms with van der Waals surface area (Å²) >= 11 is 5.84. The smallest absolute Gasteiger partial charge is 0.323 e. The molecule has 0 unspecified atom stereocenters. The van der Waals surface area contributed by atoms with Crippen LogP contribution in [0.15, 0.2) is 42.5 Å². The highest BCUT2D eigenvalue weighted by atomic mass is 35.5. The average molecular weight is 350 g/mol. The van der Waals surface area contributed by atoms with Gasteiger partial charge in [-0.1, -0.05) is 24.6 Å². The van der Waals surface area contributed by atoms with Crippen molar-refractivity contribution < 1.29 is 14.5 Å². The maximum atomic E-state index is 12.0. The van der Waals surface area contributed by atoms with Crippen molar-refractivity contribution in [3.63, 3.8) is 0 Å². The standard InChI is InChI=1S/C16H16ClN3O4/c1-2-8-24-13-6-7-14(15(10-13)20(22)23)19-16(21)18-12-5-3-4-11(17)9-12/h3-7,9-10H,2,8H2,1H3,(H2,18,19,21). The third-order valence-electron chi connectivity index (χ3n) is 2.97. The van der Waals surface area contributed by atoms with Crippen LogP contribution in [0.5, 0.6) is 5.75 Å². The van der Waals surface area contributed by atoms with Crippen molar-refractivity contribution in [3.8, 4) is 5.75 Å². The summed E-state index contributed by atoms with van der Waals surface area (Å²) in [6.07, 6.45) is 0.788. The van der Waals surface area contributed by atoms with Crippen LogP contribution in [-0.4, -0.2) is 17.6 Å². The van der Waals surface area contributed by atoms with Crippen LogP contribution < -0.4 is 15.4 Å². The SMILES string of the molecule is CCCOc1ccc(NC(=O)Nc2cccc(Cl)c2)c([N+](=O)[O-])c1. The van der Waals surface area contributed by atoms with Crippen LogP contribution in [0.3, 0.4) is 0 Å². The van der Waals surface area contributed by atoms with E-state index in [1.165, 1.54) is 12.1 Å². The number of ether oxygens (including phenoxy) is 1. The first-order chi connectivity index (χ1) is 11.5. The van der Waals surface area contributed by atoms with Gasteiger partial charge in [0, 0.05) is 10.7 Å². The summed E-state index contributed by atoms with van der Waals surface area (Å²) < 4.78 is 5.37. The van der Waals surface area contributed by atoms with E-state index in [9.17, 15) is 14.9 Å². The lowest BCUT2D eigenvalue weighted by Crippen LogP contribution is -2.20. The summed E-state index contributed by atoms with van der Waals surface area (Å²) in [4.78, 5) is 22.6. The van der Waals surface area contributed by atoms with Crippen molar-refractivity contribution in [1.29, 1.82) is 0 Å². The molecule has 0 aliphatic heterocycles. The number of carbonyl (C=O) groups excluding carboxylic acids is 1. The third kappa shape index (κ3) is 4.85. The molecule has 0 saturated carbocycles.